The van der Waals surface area contributed by atoms with E-state index in [0.29, 0.717) is 11.2 Å². The molecule has 0 aliphatic carbocycles. The molecule has 1 aliphatic heterocycles. The highest BCUT2D eigenvalue weighted by Crippen LogP contribution is 2.31. The van der Waals surface area contributed by atoms with E-state index in [0.717, 1.165) is 0 Å². The Kier molecular flexibility index (Phi) is 5.29. The first kappa shape index (κ1) is 18.4. The summed E-state index contributed by atoms with van der Waals surface area (Å²) in [4.78, 5) is 11.9. The zero-order valence-corrected chi connectivity index (χ0v) is 12.9. The minimum absolute atomic E-state index is 0.218. The molecule has 1 saturated heterocycles. The molecule has 0 bridgehead atoms. The maximum Gasteiger partial charge on any atom is 0.330 e. The fourth-order valence-electron chi connectivity index (χ4n) is 2.17. The summed E-state index contributed by atoms with van der Waals surface area (Å²) in [5.41, 5.74) is 6.44. The van der Waals surface area contributed by atoms with Crippen molar-refractivity contribution in [2.24, 2.45) is 5.14 Å². The first-order valence-electron chi connectivity index (χ1n) is 6.44. The van der Waals surface area contributed by atoms with Gasteiger partial charge in [-0.3, -0.25) is 9.12 Å². The van der Waals surface area contributed by atoms with Crippen LogP contribution in [-0.2, 0) is 15.0 Å². The van der Waals surface area contributed by atoms with Crippen LogP contribution >= 0.6 is 0 Å². The lowest BCUT2D eigenvalue weighted by molar-refractivity contribution is -0.0511. The molecule has 0 saturated carbocycles. The summed E-state index contributed by atoms with van der Waals surface area (Å²) < 4.78 is 32.1. The van der Waals surface area contributed by atoms with Gasteiger partial charge in [0.05, 0.1) is 12.9 Å². The Hall–Kier alpha value is -1.94. The van der Waals surface area contributed by atoms with E-state index in [-0.39, 0.29) is 5.82 Å². The molecule has 8 N–H and O–H groups in total. The van der Waals surface area contributed by atoms with E-state index in [4.69, 9.17) is 28.5 Å². The van der Waals surface area contributed by atoms with E-state index in [1.807, 2.05) is 0 Å². The van der Waals surface area contributed by atoms with Gasteiger partial charge in [-0.05, 0) is 0 Å². The number of aromatic nitrogens is 4. The van der Waals surface area contributed by atoms with E-state index < -0.39 is 41.5 Å². The second kappa shape index (κ2) is 6.89. The Morgan fingerprint density at radius 1 is 1.25 bits per heavy atom. The zero-order chi connectivity index (χ0) is 18.1. The molecule has 14 heteroatoms. The average Bonchev–Trinajstić information content (AvgIpc) is 3.01. The number of nitrogens with zero attached hydrogens (tertiary/aromatic N) is 4. The summed E-state index contributed by atoms with van der Waals surface area (Å²) in [6, 6.07) is 0. The lowest BCUT2D eigenvalue weighted by atomic mass is 10.1. The number of fused-ring (bicyclic) bond motifs is 1. The van der Waals surface area contributed by atoms with Crippen molar-refractivity contribution in [1.82, 2.24) is 19.5 Å². The third-order valence-electron chi connectivity index (χ3n) is 3.18. The van der Waals surface area contributed by atoms with Crippen molar-refractivity contribution >= 4 is 27.3 Å². The molecule has 1 fully saturated rings. The smallest absolute Gasteiger partial charge is 0.330 e. The third kappa shape index (κ3) is 3.93. The second-order valence-electron chi connectivity index (χ2n) is 4.83. The number of imidazole rings is 1. The van der Waals surface area contributed by atoms with Crippen molar-refractivity contribution in [3.8, 4) is 0 Å². The molecule has 3 heterocycles. The number of hydrogen-bond donors (Lipinski definition) is 6. The van der Waals surface area contributed by atoms with Crippen molar-refractivity contribution in [2.75, 3.05) is 12.3 Å². The highest BCUT2D eigenvalue weighted by Gasteiger charge is 2.43. The van der Waals surface area contributed by atoms with Crippen LogP contribution in [0, 0.1) is 0 Å². The van der Waals surface area contributed by atoms with Crippen LogP contribution in [0.5, 0.6) is 0 Å². The topological polar surface area (TPSA) is 220 Å². The highest BCUT2D eigenvalue weighted by atomic mass is 32.2. The summed E-state index contributed by atoms with van der Waals surface area (Å²) in [5.74, 6) is 0.218. The maximum atomic E-state index is 9.95. The molecule has 4 atom stereocenters. The average molecular weight is 364 g/mol. The highest BCUT2D eigenvalue weighted by molar-refractivity contribution is 7.83. The number of anilines is 1. The molecule has 0 unspecified atom stereocenters. The normalized spacial score (nSPS) is 27.0. The Morgan fingerprint density at radius 3 is 2.42 bits per heavy atom. The molecular weight excluding hydrogens is 348 g/mol. The predicted molar refractivity (Wildman–Crippen MR) is 78.5 cm³/mol. The van der Waals surface area contributed by atoms with Crippen LogP contribution in [0.4, 0.5) is 5.82 Å². The van der Waals surface area contributed by atoms with Crippen molar-refractivity contribution in [3.05, 3.63) is 12.7 Å². The fourth-order valence-corrected chi connectivity index (χ4v) is 2.17. The first-order chi connectivity index (χ1) is 11.1. The predicted octanol–water partition coefficient (Wildman–Crippen LogP) is -3.23. The van der Waals surface area contributed by atoms with Gasteiger partial charge in [-0.25, -0.2) is 20.1 Å². The number of hydrogen-bond acceptors (Lipinski definition) is 10. The van der Waals surface area contributed by atoms with Crippen LogP contribution in [0.1, 0.15) is 6.23 Å². The molecule has 2 aromatic rings. The molecule has 24 heavy (non-hydrogen) atoms. The Morgan fingerprint density at radius 2 is 1.88 bits per heavy atom. The first-order valence-corrected chi connectivity index (χ1v) is 7.94. The molecular formula is C10H16N6O7S. The molecule has 134 valence electrons. The summed E-state index contributed by atoms with van der Waals surface area (Å²) in [7, 11) is -4.17. The summed E-state index contributed by atoms with van der Waals surface area (Å²) >= 11 is 0. The van der Waals surface area contributed by atoms with Crippen LogP contribution < -0.4 is 10.9 Å². The standard InChI is InChI=1S/C10H13N5O4.H3NO3S/c11-8-5-9(13-2-12-8)15(3-14-5)10-7(18)6(17)4(1-16)19-10;1-5(2,3)4/h2-4,6-7,10,16-18H,1H2,(H2,11,12,13);(H3,1,2,3,4)/t4-,6-,7-,10-;/m1./s1. The van der Waals surface area contributed by atoms with Gasteiger partial charge in [-0.1, -0.05) is 0 Å². The number of nitrogen functional groups attached to an aromatic ring is 1. The summed E-state index contributed by atoms with van der Waals surface area (Å²) in [5, 5.41) is 32.6. The number of ether oxygens (including phenoxy) is 1. The molecule has 3 rings (SSSR count). The van der Waals surface area contributed by atoms with Crippen LogP contribution in [-0.4, -0.2) is 72.7 Å². The van der Waals surface area contributed by atoms with Crippen molar-refractivity contribution < 1.29 is 33.0 Å². The quantitative estimate of drug-likeness (QED) is 0.291. The van der Waals surface area contributed by atoms with Crippen molar-refractivity contribution in [2.45, 2.75) is 24.5 Å². The van der Waals surface area contributed by atoms with Crippen molar-refractivity contribution in [3.63, 3.8) is 0 Å². The van der Waals surface area contributed by atoms with E-state index in [1.54, 1.807) is 0 Å². The summed E-state index contributed by atoms with van der Waals surface area (Å²) in [6.07, 6.45) is -1.42. The Labute approximate surface area is 135 Å². The lowest BCUT2D eigenvalue weighted by Crippen LogP contribution is -2.33. The van der Waals surface area contributed by atoms with Crippen LogP contribution in [0.15, 0.2) is 12.7 Å². The molecule has 0 amide bonds. The number of nitrogens with two attached hydrogens (primary N) is 2. The number of aliphatic hydroxyl groups excluding tert-OH is 3. The van der Waals surface area contributed by atoms with Crippen LogP contribution in [0.2, 0.25) is 0 Å². The van der Waals surface area contributed by atoms with Gasteiger partial charge in [0.15, 0.2) is 17.7 Å². The molecule has 0 aromatic carbocycles. The summed E-state index contributed by atoms with van der Waals surface area (Å²) in [6.45, 7) is -0.390. The van der Waals surface area contributed by atoms with E-state index >= 15 is 0 Å². The maximum absolute atomic E-state index is 9.95. The van der Waals surface area contributed by atoms with Crippen LogP contribution in [0.25, 0.3) is 11.2 Å². The van der Waals surface area contributed by atoms with Crippen LogP contribution in [0.3, 0.4) is 0 Å². The lowest BCUT2D eigenvalue weighted by Gasteiger charge is -2.16. The minimum atomic E-state index is -4.17. The fraction of sp³-hybridized carbons (Fsp3) is 0.500. The molecule has 13 nitrogen and oxygen atoms in total. The number of rotatable bonds is 2. The monoisotopic (exact) mass is 364 g/mol. The van der Waals surface area contributed by atoms with Gasteiger partial charge in [0.25, 0.3) is 0 Å². The largest absolute Gasteiger partial charge is 0.394 e. The van der Waals surface area contributed by atoms with E-state index in [1.165, 1.54) is 17.2 Å². The third-order valence-corrected chi connectivity index (χ3v) is 3.18. The van der Waals surface area contributed by atoms with Gasteiger partial charge in [0, 0.05) is 0 Å². The number of aliphatic hydroxyl groups is 3. The Bertz CT molecular complexity index is 803. The van der Waals surface area contributed by atoms with Gasteiger partial charge >= 0.3 is 10.3 Å². The van der Waals surface area contributed by atoms with Gasteiger partial charge < -0.3 is 25.8 Å². The van der Waals surface area contributed by atoms with Gasteiger partial charge in [0.1, 0.15) is 30.2 Å². The van der Waals surface area contributed by atoms with E-state index in [9.17, 15) is 10.2 Å². The molecule has 2 aromatic heterocycles. The Balaban J connectivity index is 0.000000368. The van der Waals surface area contributed by atoms with Crippen molar-refractivity contribution in [1.29, 1.82) is 0 Å². The van der Waals surface area contributed by atoms with Gasteiger partial charge in [-0.15, -0.1) is 0 Å². The second-order valence-corrected chi connectivity index (χ2v) is 5.86. The zero-order valence-electron chi connectivity index (χ0n) is 12.0. The molecule has 1 aliphatic rings. The van der Waals surface area contributed by atoms with Gasteiger partial charge in [0.2, 0.25) is 0 Å². The molecule has 0 radical (unpaired) electrons. The van der Waals surface area contributed by atoms with Gasteiger partial charge in [-0.2, -0.15) is 8.42 Å². The van der Waals surface area contributed by atoms with E-state index in [2.05, 4.69) is 20.1 Å². The minimum Gasteiger partial charge on any atom is -0.394 e. The SMILES string of the molecule is NS(=O)(=O)O.Nc1ncnc2c1ncn2[C@@H]1O[C@H](CO)[C@@H](O)[C@H]1O. The molecule has 0 spiro atoms.